The fourth-order valence-corrected chi connectivity index (χ4v) is 4.36. The first-order chi connectivity index (χ1) is 14.3. The maximum Gasteiger partial charge on any atom is 0.265 e. The van der Waals surface area contributed by atoms with Crippen molar-refractivity contribution >= 4 is 39.1 Å². The third-order valence-electron chi connectivity index (χ3n) is 4.83. The third kappa shape index (κ3) is 3.81. The lowest BCUT2D eigenvalue weighted by molar-refractivity contribution is 0.0998. The molecule has 3 N–H and O–H groups in total. The average Bonchev–Trinajstić information content (AvgIpc) is 3.25. The molecule has 0 aliphatic rings. The van der Waals surface area contributed by atoms with Crippen LogP contribution in [0.5, 0.6) is 0 Å². The maximum absolute atomic E-state index is 13.2. The summed E-state index contributed by atoms with van der Waals surface area (Å²) in [6, 6.07) is 13.1. The summed E-state index contributed by atoms with van der Waals surface area (Å²) in [7, 11) is 0. The van der Waals surface area contributed by atoms with E-state index >= 15 is 0 Å². The van der Waals surface area contributed by atoms with Gasteiger partial charge in [-0.05, 0) is 61.4 Å². The summed E-state index contributed by atoms with van der Waals surface area (Å²) < 4.78 is 15.0. The van der Waals surface area contributed by atoms with E-state index in [1.807, 2.05) is 17.7 Å². The molecule has 0 fully saturated rings. The van der Waals surface area contributed by atoms with Gasteiger partial charge < -0.3 is 11.1 Å². The molecule has 0 aliphatic heterocycles. The van der Waals surface area contributed by atoms with Crippen molar-refractivity contribution in [3.63, 3.8) is 0 Å². The number of aryl methyl sites for hydroxylation is 2. The van der Waals surface area contributed by atoms with Gasteiger partial charge in [0.15, 0.2) is 0 Å². The Bertz CT molecular complexity index is 1270. The van der Waals surface area contributed by atoms with E-state index < -0.39 is 5.91 Å². The van der Waals surface area contributed by atoms with Crippen LogP contribution in [-0.4, -0.2) is 21.6 Å². The molecule has 2 heterocycles. The minimum Gasteiger partial charge on any atom is -0.366 e. The van der Waals surface area contributed by atoms with Gasteiger partial charge in [-0.1, -0.05) is 12.1 Å². The van der Waals surface area contributed by atoms with Crippen molar-refractivity contribution in [2.24, 2.45) is 5.73 Å². The molecular weight excluding hydrogens is 403 g/mol. The first-order valence-electron chi connectivity index (χ1n) is 9.25. The molecule has 0 saturated heterocycles. The first kappa shape index (κ1) is 19.8. The molecule has 0 atom stereocenters. The van der Waals surface area contributed by atoms with Crippen molar-refractivity contribution in [1.82, 2.24) is 9.78 Å². The minimum atomic E-state index is -0.504. The maximum atomic E-state index is 13.2. The summed E-state index contributed by atoms with van der Waals surface area (Å²) in [5.41, 5.74) is 8.78. The zero-order valence-electron chi connectivity index (χ0n) is 16.4. The molecule has 8 heteroatoms. The largest absolute Gasteiger partial charge is 0.366 e. The van der Waals surface area contributed by atoms with E-state index in [-0.39, 0.29) is 11.7 Å². The molecule has 0 saturated carbocycles. The number of hydrogen-bond donors (Lipinski definition) is 2. The molecule has 0 bridgehead atoms. The summed E-state index contributed by atoms with van der Waals surface area (Å²) in [6.07, 6.45) is 0. The molecule has 0 aliphatic carbocycles. The van der Waals surface area contributed by atoms with Crippen LogP contribution >= 0.6 is 11.3 Å². The van der Waals surface area contributed by atoms with Crippen molar-refractivity contribution in [3.8, 4) is 0 Å². The number of halogens is 1. The first-order valence-corrected chi connectivity index (χ1v) is 10.1. The Hall–Kier alpha value is -3.52. The number of hydrogen-bond acceptors (Lipinski definition) is 4. The van der Waals surface area contributed by atoms with E-state index in [0.29, 0.717) is 28.2 Å². The lowest BCUT2D eigenvalue weighted by atomic mass is 10.1. The standard InChI is InChI=1S/C22H19FN4O2S/c1-12-9-16(7-8-17(12)20(24)28)25-21(29)19-10-18-13(2)26-27(22(18)30-19)11-14-3-5-15(23)6-4-14/h3-10H,11H2,1-2H3,(H2,24,28)(H,25,29). The molecule has 2 aromatic heterocycles. The van der Waals surface area contributed by atoms with E-state index in [1.165, 1.54) is 23.5 Å². The Morgan fingerprint density at radius 1 is 1.13 bits per heavy atom. The van der Waals surface area contributed by atoms with Gasteiger partial charge in [0, 0.05) is 16.6 Å². The second-order valence-corrected chi connectivity index (χ2v) is 8.08. The molecular formula is C22H19FN4O2S. The summed E-state index contributed by atoms with van der Waals surface area (Å²) >= 11 is 1.35. The Balaban J connectivity index is 1.59. The predicted molar refractivity (Wildman–Crippen MR) is 115 cm³/mol. The van der Waals surface area contributed by atoms with Crippen molar-refractivity contribution < 1.29 is 14.0 Å². The highest BCUT2D eigenvalue weighted by Gasteiger charge is 2.17. The van der Waals surface area contributed by atoms with Gasteiger partial charge in [-0.15, -0.1) is 11.3 Å². The normalized spacial score (nSPS) is 11.0. The van der Waals surface area contributed by atoms with E-state index in [4.69, 9.17) is 5.73 Å². The van der Waals surface area contributed by atoms with Crippen LogP contribution in [0.2, 0.25) is 0 Å². The highest BCUT2D eigenvalue weighted by Crippen LogP contribution is 2.29. The second-order valence-electron chi connectivity index (χ2n) is 7.05. The van der Waals surface area contributed by atoms with E-state index in [2.05, 4.69) is 10.4 Å². The molecule has 152 valence electrons. The van der Waals surface area contributed by atoms with Crippen molar-refractivity contribution in [2.45, 2.75) is 20.4 Å². The van der Waals surface area contributed by atoms with Gasteiger partial charge >= 0.3 is 0 Å². The van der Waals surface area contributed by atoms with Crippen LogP contribution < -0.4 is 11.1 Å². The van der Waals surface area contributed by atoms with Gasteiger partial charge in [-0.25, -0.2) is 4.39 Å². The van der Waals surface area contributed by atoms with Crippen LogP contribution in [0.3, 0.4) is 0 Å². The van der Waals surface area contributed by atoms with E-state index in [0.717, 1.165) is 21.5 Å². The van der Waals surface area contributed by atoms with Crippen LogP contribution in [0.1, 0.15) is 36.9 Å². The Morgan fingerprint density at radius 3 is 2.53 bits per heavy atom. The highest BCUT2D eigenvalue weighted by molar-refractivity contribution is 7.20. The van der Waals surface area contributed by atoms with Gasteiger partial charge in [-0.3, -0.25) is 14.3 Å². The number of benzene rings is 2. The van der Waals surface area contributed by atoms with Gasteiger partial charge in [0.2, 0.25) is 5.91 Å². The molecule has 4 aromatic rings. The number of carbonyl (C=O) groups excluding carboxylic acids is 2. The van der Waals surface area contributed by atoms with Gasteiger partial charge in [-0.2, -0.15) is 5.10 Å². The number of primary amides is 1. The third-order valence-corrected chi connectivity index (χ3v) is 5.97. The van der Waals surface area contributed by atoms with Crippen molar-refractivity contribution in [2.75, 3.05) is 5.32 Å². The number of nitrogens with two attached hydrogens (primary N) is 1. The predicted octanol–water partition coefficient (Wildman–Crippen LogP) is 4.25. The molecule has 0 spiro atoms. The van der Waals surface area contributed by atoms with Crippen LogP contribution in [0.25, 0.3) is 10.2 Å². The van der Waals surface area contributed by atoms with Gasteiger partial charge in [0.05, 0.1) is 17.1 Å². The lowest BCUT2D eigenvalue weighted by Gasteiger charge is -2.07. The van der Waals surface area contributed by atoms with Gasteiger partial charge in [0.1, 0.15) is 10.6 Å². The Morgan fingerprint density at radius 2 is 1.87 bits per heavy atom. The van der Waals surface area contributed by atoms with Crippen molar-refractivity contribution in [3.05, 3.63) is 81.6 Å². The topological polar surface area (TPSA) is 90.0 Å². The molecule has 0 unspecified atom stereocenters. The summed E-state index contributed by atoms with van der Waals surface area (Å²) in [6.45, 7) is 4.15. The number of aromatic nitrogens is 2. The molecule has 2 aromatic carbocycles. The quantitative estimate of drug-likeness (QED) is 0.504. The minimum absolute atomic E-state index is 0.241. The Kier molecular flexibility index (Phi) is 5.09. The van der Waals surface area contributed by atoms with E-state index in [9.17, 15) is 14.0 Å². The average molecular weight is 422 g/mol. The monoisotopic (exact) mass is 422 g/mol. The van der Waals surface area contributed by atoms with Crippen LogP contribution in [0.15, 0.2) is 48.5 Å². The fourth-order valence-electron chi connectivity index (χ4n) is 3.31. The number of nitrogens with one attached hydrogen (secondary N) is 1. The highest BCUT2D eigenvalue weighted by atomic mass is 32.1. The smallest absolute Gasteiger partial charge is 0.265 e. The molecule has 2 amide bonds. The van der Waals surface area contributed by atoms with Crippen LogP contribution in [-0.2, 0) is 6.54 Å². The van der Waals surface area contributed by atoms with Crippen LogP contribution in [0.4, 0.5) is 10.1 Å². The van der Waals surface area contributed by atoms with Crippen molar-refractivity contribution in [1.29, 1.82) is 0 Å². The molecule has 4 rings (SSSR count). The number of fused-ring (bicyclic) bond motifs is 1. The van der Waals surface area contributed by atoms with E-state index in [1.54, 1.807) is 37.3 Å². The zero-order valence-corrected chi connectivity index (χ0v) is 17.2. The summed E-state index contributed by atoms with van der Waals surface area (Å²) in [5.74, 6) is -1.03. The summed E-state index contributed by atoms with van der Waals surface area (Å²) in [5, 5.41) is 8.32. The van der Waals surface area contributed by atoms with Gasteiger partial charge in [0.25, 0.3) is 5.91 Å². The Labute approximate surface area is 176 Å². The SMILES string of the molecule is Cc1cc(NC(=O)c2cc3c(C)nn(Cc4ccc(F)cc4)c3s2)ccc1C(N)=O. The summed E-state index contributed by atoms with van der Waals surface area (Å²) in [4.78, 5) is 25.6. The molecule has 0 radical (unpaired) electrons. The number of amides is 2. The number of thiophene rings is 1. The lowest BCUT2D eigenvalue weighted by Crippen LogP contribution is -2.14. The fraction of sp³-hybridized carbons (Fsp3) is 0.136. The number of anilines is 1. The number of nitrogens with zero attached hydrogens (tertiary/aromatic N) is 2. The zero-order chi connectivity index (χ0) is 21.4. The number of carbonyl (C=O) groups is 2. The van der Waals surface area contributed by atoms with Crippen LogP contribution in [0, 0.1) is 19.7 Å². The molecule has 30 heavy (non-hydrogen) atoms. The second kappa shape index (κ2) is 7.72. The number of rotatable bonds is 5. The molecule has 6 nitrogen and oxygen atoms in total.